The van der Waals surface area contributed by atoms with Crippen molar-refractivity contribution in [3.8, 4) is 5.75 Å². The molecule has 0 aliphatic carbocycles. The normalized spacial score (nSPS) is 13.9. The Morgan fingerprint density at radius 1 is 1.12 bits per heavy atom. The molecule has 0 saturated carbocycles. The molecule has 0 saturated heterocycles. The minimum absolute atomic E-state index is 0.176. The number of primary sulfonamides is 1. The van der Waals surface area contributed by atoms with Gasteiger partial charge in [-0.05, 0) is 67.3 Å². The summed E-state index contributed by atoms with van der Waals surface area (Å²) >= 11 is 0. The summed E-state index contributed by atoms with van der Waals surface area (Å²) in [6.45, 7) is 6.31. The van der Waals surface area contributed by atoms with Gasteiger partial charge in [0.15, 0.2) is 0 Å². The molecule has 0 spiro atoms. The number of benzene rings is 2. The number of ether oxygens (including phenoxy) is 1. The number of hydrogen-bond acceptors (Lipinski definition) is 4. The number of nitrogens with two attached hydrogens (primary N) is 1. The monoisotopic (exact) mass is 346 g/mol. The summed E-state index contributed by atoms with van der Waals surface area (Å²) < 4.78 is 28.7. The number of fused-ring (bicyclic) bond motifs is 1. The maximum absolute atomic E-state index is 11.4. The van der Waals surface area contributed by atoms with Gasteiger partial charge < -0.3 is 9.64 Å². The average molecular weight is 346 g/mol. The lowest BCUT2D eigenvalue weighted by atomic mass is 10.1. The molecule has 0 fully saturated rings. The average Bonchev–Trinajstić information content (AvgIpc) is 2.88. The molecule has 1 aliphatic heterocycles. The summed E-state index contributed by atoms with van der Waals surface area (Å²) in [6.07, 6.45) is 0.822. The molecule has 3 rings (SSSR count). The van der Waals surface area contributed by atoms with Crippen LogP contribution >= 0.6 is 0 Å². The van der Waals surface area contributed by atoms with Gasteiger partial charge in [0.05, 0.1) is 11.4 Å². The first-order valence-corrected chi connectivity index (χ1v) is 9.49. The summed E-state index contributed by atoms with van der Waals surface area (Å²) in [4.78, 5) is 2.39. The maximum atomic E-state index is 11.4. The second-order valence-electron chi connectivity index (χ2n) is 6.24. The Balaban J connectivity index is 1.65. The van der Waals surface area contributed by atoms with Crippen LogP contribution in [0.4, 0.5) is 5.69 Å². The molecule has 2 aromatic rings. The highest BCUT2D eigenvalue weighted by molar-refractivity contribution is 7.89. The summed E-state index contributed by atoms with van der Waals surface area (Å²) in [7, 11) is -3.65. The zero-order valence-corrected chi connectivity index (χ0v) is 14.8. The van der Waals surface area contributed by atoms with E-state index in [0.717, 1.165) is 36.5 Å². The molecule has 2 N–H and O–H groups in total. The molecule has 24 heavy (non-hydrogen) atoms. The van der Waals surface area contributed by atoms with Crippen LogP contribution in [0.3, 0.4) is 0 Å². The van der Waals surface area contributed by atoms with Crippen molar-refractivity contribution >= 4 is 15.7 Å². The van der Waals surface area contributed by atoms with E-state index in [0.29, 0.717) is 6.61 Å². The van der Waals surface area contributed by atoms with Crippen molar-refractivity contribution in [1.82, 2.24) is 0 Å². The molecular formula is C18H22N2O3S. The SMILES string of the molecule is Cc1cc(C)cc(OCCN2CCc3cc(S(N)(=O)=O)ccc32)c1. The molecule has 0 radical (unpaired) electrons. The van der Waals surface area contributed by atoms with Gasteiger partial charge in [-0.2, -0.15) is 0 Å². The van der Waals surface area contributed by atoms with E-state index >= 15 is 0 Å². The topological polar surface area (TPSA) is 72.6 Å². The van der Waals surface area contributed by atoms with E-state index in [2.05, 4.69) is 24.8 Å². The van der Waals surface area contributed by atoms with E-state index in [4.69, 9.17) is 9.88 Å². The number of sulfonamides is 1. The molecule has 0 bridgehead atoms. The Bertz CT molecular complexity index is 842. The fraction of sp³-hybridized carbons (Fsp3) is 0.333. The molecule has 0 unspecified atom stereocenters. The highest BCUT2D eigenvalue weighted by Crippen LogP contribution is 2.29. The second kappa shape index (κ2) is 6.45. The molecule has 0 aromatic heterocycles. The van der Waals surface area contributed by atoms with E-state index in [1.54, 1.807) is 12.1 Å². The predicted octanol–water partition coefficient (Wildman–Crippen LogP) is 2.39. The van der Waals surface area contributed by atoms with Crippen molar-refractivity contribution in [3.63, 3.8) is 0 Å². The Kier molecular flexibility index (Phi) is 4.51. The number of aryl methyl sites for hydroxylation is 2. The number of rotatable bonds is 5. The molecule has 2 aromatic carbocycles. The third kappa shape index (κ3) is 3.71. The van der Waals surface area contributed by atoms with Crippen LogP contribution < -0.4 is 14.8 Å². The van der Waals surface area contributed by atoms with Crippen LogP contribution in [-0.4, -0.2) is 28.1 Å². The molecule has 0 atom stereocenters. The quantitative estimate of drug-likeness (QED) is 0.902. The first-order valence-electron chi connectivity index (χ1n) is 7.95. The summed E-state index contributed by atoms with van der Waals surface area (Å²) in [5.74, 6) is 0.886. The van der Waals surface area contributed by atoms with Crippen molar-refractivity contribution < 1.29 is 13.2 Å². The van der Waals surface area contributed by atoms with Crippen molar-refractivity contribution in [3.05, 3.63) is 53.1 Å². The van der Waals surface area contributed by atoms with Gasteiger partial charge >= 0.3 is 0 Å². The first-order chi connectivity index (χ1) is 11.3. The number of anilines is 1. The third-order valence-electron chi connectivity index (χ3n) is 4.20. The fourth-order valence-electron chi connectivity index (χ4n) is 3.15. The van der Waals surface area contributed by atoms with E-state index in [1.807, 2.05) is 18.2 Å². The lowest BCUT2D eigenvalue weighted by Crippen LogP contribution is -2.26. The zero-order chi connectivity index (χ0) is 17.3. The fourth-order valence-corrected chi connectivity index (χ4v) is 3.71. The smallest absolute Gasteiger partial charge is 0.238 e. The van der Waals surface area contributed by atoms with Gasteiger partial charge in [0.1, 0.15) is 12.4 Å². The number of hydrogen-bond donors (Lipinski definition) is 1. The second-order valence-corrected chi connectivity index (χ2v) is 7.81. The van der Waals surface area contributed by atoms with Crippen molar-refractivity contribution in [2.45, 2.75) is 25.2 Å². The molecule has 0 amide bonds. The van der Waals surface area contributed by atoms with Crippen molar-refractivity contribution in [2.24, 2.45) is 5.14 Å². The Hall–Kier alpha value is -2.05. The van der Waals surface area contributed by atoms with E-state index in [-0.39, 0.29) is 4.90 Å². The van der Waals surface area contributed by atoms with Gasteiger partial charge in [0.2, 0.25) is 10.0 Å². The molecule has 6 heteroatoms. The maximum Gasteiger partial charge on any atom is 0.238 e. The summed E-state index contributed by atoms with van der Waals surface area (Å²) in [5.41, 5.74) is 4.46. The van der Waals surface area contributed by atoms with E-state index in [1.165, 1.54) is 11.1 Å². The Labute approximate surface area is 143 Å². The van der Waals surface area contributed by atoms with Crippen LogP contribution in [0.15, 0.2) is 41.3 Å². The summed E-state index contributed by atoms with van der Waals surface area (Å²) in [5, 5.41) is 5.19. The van der Waals surface area contributed by atoms with Crippen molar-refractivity contribution in [2.75, 3.05) is 24.6 Å². The Morgan fingerprint density at radius 3 is 2.50 bits per heavy atom. The third-order valence-corrected chi connectivity index (χ3v) is 5.11. The van der Waals surface area contributed by atoms with E-state index in [9.17, 15) is 8.42 Å². The van der Waals surface area contributed by atoms with Gasteiger partial charge in [-0.15, -0.1) is 0 Å². The highest BCUT2D eigenvalue weighted by atomic mass is 32.2. The largest absolute Gasteiger partial charge is 0.492 e. The van der Waals surface area contributed by atoms with Gasteiger partial charge in [-0.3, -0.25) is 0 Å². The minimum Gasteiger partial charge on any atom is -0.492 e. The highest BCUT2D eigenvalue weighted by Gasteiger charge is 2.21. The standard InChI is InChI=1S/C18H22N2O3S/c1-13-9-14(2)11-16(10-13)23-8-7-20-6-5-15-12-17(24(19,21)22)3-4-18(15)20/h3-4,9-12H,5-8H2,1-2H3,(H2,19,21,22). The molecule has 1 heterocycles. The minimum atomic E-state index is -3.65. The predicted molar refractivity (Wildman–Crippen MR) is 95.1 cm³/mol. The van der Waals surface area contributed by atoms with Crippen LogP contribution in [0.2, 0.25) is 0 Å². The van der Waals surface area contributed by atoms with Crippen LogP contribution in [-0.2, 0) is 16.4 Å². The molecule has 5 nitrogen and oxygen atoms in total. The summed E-state index contributed by atoms with van der Waals surface area (Å²) in [6, 6.07) is 11.3. The lowest BCUT2D eigenvalue weighted by molar-refractivity contribution is 0.324. The lowest BCUT2D eigenvalue weighted by Gasteiger charge is -2.20. The zero-order valence-electron chi connectivity index (χ0n) is 14.0. The van der Waals surface area contributed by atoms with Gasteiger partial charge in [-0.1, -0.05) is 6.07 Å². The molecule has 1 aliphatic rings. The molecular weight excluding hydrogens is 324 g/mol. The van der Waals surface area contributed by atoms with Crippen LogP contribution in [0.1, 0.15) is 16.7 Å². The first kappa shape index (κ1) is 16.8. The van der Waals surface area contributed by atoms with Crippen LogP contribution in [0.5, 0.6) is 5.75 Å². The van der Waals surface area contributed by atoms with Crippen LogP contribution in [0, 0.1) is 13.8 Å². The van der Waals surface area contributed by atoms with E-state index < -0.39 is 10.0 Å². The van der Waals surface area contributed by atoms with Gasteiger partial charge in [0.25, 0.3) is 0 Å². The Morgan fingerprint density at radius 2 is 1.83 bits per heavy atom. The van der Waals surface area contributed by atoms with Crippen LogP contribution in [0.25, 0.3) is 0 Å². The van der Waals surface area contributed by atoms with Gasteiger partial charge in [-0.25, -0.2) is 13.6 Å². The van der Waals surface area contributed by atoms with Crippen molar-refractivity contribution in [1.29, 1.82) is 0 Å². The molecule has 128 valence electrons. The van der Waals surface area contributed by atoms with Gasteiger partial charge in [0, 0.05) is 12.2 Å². The number of nitrogens with zero attached hydrogens (tertiary/aromatic N) is 1.